The molecule has 0 spiro atoms. The number of hydrogen-bond acceptors (Lipinski definition) is 5. The SMILES string of the molecule is CSc1ncc(C(=O)OCC(=O)c2ccccc2)n1-c1ccccc1. The van der Waals surface area contributed by atoms with Crippen LogP contribution in [0.5, 0.6) is 0 Å². The van der Waals surface area contributed by atoms with Gasteiger partial charge in [0.05, 0.1) is 6.20 Å². The monoisotopic (exact) mass is 352 g/mol. The molecule has 25 heavy (non-hydrogen) atoms. The number of Topliss-reactive ketones (excluding diaryl/α,β-unsaturated/α-hetero) is 1. The van der Waals surface area contributed by atoms with Gasteiger partial charge in [0.15, 0.2) is 23.2 Å². The average Bonchev–Trinajstić information content (AvgIpc) is 3.11. The van der Waals surface area contributed by atoms with E-state index >= 15 is 0 Å². The van der Waals surface area contributed by atoms with E-state index in [2.05, 4.69) is 4.98 Å². The number of ketones is 1. The second-order valence-corrected chi connectivity index (χ2v) is 5.94. The fraction of sp³-hybridized carbons (Fsp3) is 0.105. The maximum atomic E-state index is 12.5. The third kappa shape index (κ3) is 3.80. The summed E-state index contributed by atoms with van der Waals surface area (Å²) in [4.78, 5) is 28.8. The first-order chi connectivity index (χ1) is 12.2. The molecule has 0 aliphatic rings. The van der Waals surface area contributed by atoms with Gasteiger partial charge in [0.25, 0.3) is 0 Å². The second kappa shape index (κ2) is 7.81. The van der Waals surface area contributed by atoms with Gasteiger partial charge in [-0.3, -0.25) is 9.36 Å². The third-order valence-corrected chi connectivity index (χ3v) is 4.22. The van der Waals surface area contributed by atoms with Crippen molar-refractivity contribution in [2.45, 2.75) is 5.16 Å². The van der Waals surface area contributed by atoms with Gasteiger partial charge in [-0.25, -0.2) is 9.78 Å². The molecule has 0 fully saturated rings. The van der Waals surface area contributed by atoms with E-state index in [1.54, 1.807) is 28.8 Å². The Hall–Kier alpha value is -2.86. The maximum absolute atomic E-state index is 12.5. The van der Waals surface area contributed by atoms with E-state index in [0.29, 0.717) is 10.7 Å². The van der Waals surface area contributed by atoms with Crippen LogP contribution in [0.4, 0.5) is 0 Å². The van der Waals surface area contributed by atoms with Gasteiger partial charge in [-0.1, -0.05) is 60.3 Å². The van der Waals surface area contributed by atoms with E-state index in [0.717, 1.165) is 5.69 Å². The van der Waals surface area contributed by atoms with Crippen LogP contribution in [0.2, 0.25) is 0 Å². The van der Waals surface area contributed by atoms with Crippen molar-refractivity contribution in [2.24, 2.45) is 0 Å². The predicted molar refractivity (Wildman–Crippen MR) is 96.4 cm³/mol. The Kier molecular flexibility index (Phi) is 5.30. The summed E-state index contributed by atoms with van der Waals surface area (Å²) in [5.74, 6) is -0.828. The molecule has 3 rings (SSSR count). The van der Waals surface area contributed by atoms with Gasteiger partial charge in [0, 0.05) is 11.3 Å². The molecule has 0 unspecified atom stereocenters. The van der Waals surface area contributed by atoms with E-state index < -0.39 is 5.97 Å². The standard InChI is InChI=1S/C19H16N2O3S/c1-25-19-20-12-16(21(19)15-10-6-3-7-11-15)18(23)24-13-17(22)14-8-4-2-5-9-14/h2-12H,13H2,1H3. The lowest BCUT2D eigenvalue weighted by Crippen LogP contribution is -2.17. The summed E-state index contributed by atoms with van der Waals surface area (Å²) in [5, 5.41) is 0.674. The Morgan fingerprint density at radius 2 is 1.68 bits per heavy atom. The number of thioether (sulfide) groups is 1. The Bertz CT molecular complexity index is 876. The molecular formula is C19H16N2O3S. The number of benzene rings is 2. The Morgan fingerprint density at radius 3 is 2.32 bits per heavy atom. The summed E-state index contributed by atoms with van der Waals surface area (Å²) in [6.45, 7) is -0.308. The number of carbonyl (C=O) groups is 2. The Morgan fingerprint density at radius 1 is 1.04 bits per heavy atom. The number of hydrogen-bond donors (Lipinski definition) is 0. The molecule has 0 N–H and O–H groups in total. The summed E-state index contributed by atoms with van der Waals surface area (Å²) in [5.41, 5.74) is 1.61. The topological polar surface area (TPSA) is 61.2 Å². The molecule has 0 saturated heterocycles. The van der Waals surface area contributed by atoms with Crippen molar-refractivity contribution in [3.05, 3.63) is 78.1 Å². The van der Waals surface area contributed by atoms with Crippen LogP contribution in [-0.4, -0.2) is 34.2 Å². The number of para-hydroxylation sites is 1. The number of nitrogens with zero attached hydrogens (tertiary/aromatic N) is 2. The molecule has 0 radical (unpaired) electrons. The normalized spacial score (nSPS) is 10.4. The fourth-order valence-electron chi connectivity index (χ4n) is 2.36. The zero-order valence-corrected chi connectivity index (χ0v) is 14.4. The van der Waals surface area contributed by atoms with Crippen molar-refractivity contribution in [2.75, 3.05) is 12.9 Å². The minimum atomic E-state index is -0.582. The van der Waals surface area contributed by atoms with Gasteiger partial charge < -0.3 is 4.74 Å². The number of rotatable bonds is 6. The number of aromatic nitrogens is 2. The highest BCUT2D eigenvalue weighted by atomic mass is 32.2. The minimum Gasteiger partial charge on any atom is -0.453 e. The Balaban J connectivity index is 1.79. The predicted octanol–water partition coefficient (Wildman–Crippen LogP) is 3.63. The van der Waals surface area contributed by atoms with Crippen molar-refractivity contribution < 1.29 is 14.3 Å². The molecule has 0 atom stereocenters. The molecule has 5 nitrogen and oxygen atoms in total. The highest BCUT2D eigenvalue weighted by Gasteiger charge is 2.20. The first-order valence-electron chi connectivity index (χ1n) is 7.63. The molecule has 1 heterocycles. The van der Waals surface area contributed by atoms with Crippen LogP contribution >= 0.6 is 11.8 Å². The highest BCUT2D eigenvalue weighted by molar-refractivity contribution is 7.98. The molecular weight excluding hydrogens is 336 g/mol. The maximum Gasteiger partial charge on any atom is 0.357 e. The minimum absolute atomic E-state index is 0.246. The second-order valence-electron chi connectivity index (χ2n) is 5.17. The van der Waals surface area contributed by atoms with Gasteiger partial charge in [-0.2, -0.15) is 0 Å². The zero-order chi connectivity index (χ0) is 17.6. The van der Waals surface area contributed by atoms with Gasteiger partial charge in [-0.15, -0.1) is 0 Å². The molecule has 1 aromatic heterocycles. The van der Waals surface area contributed by atoms with Gasteiger partial charge in [0.2, 0.25) is 0 Å². The van der Waals surface area contributed by atoms with Crippen LogP contribution in [0.25, 0.3) is 5.69 Å². The van der Waals surface area contributed by atoms with Crippen LogP contribution in [0.1, 0.15) is 20.8 Å². The van der Waals surface area contributed by atoms with E-state index in [9.17, 15) is 9.59 Å². The molecule has 0 aliphatic heterocycles. The zero-order valence-electron chi connectivity index (χ0n) is 13.6. The summed E-state index contributed by atoms with van der Waals surface area (Å²) in [6.07, 6.45) is 3.35. The lowest BCUT2D eigenvalue weighted by atomic mass is 10.1. The number of carbonyl (C=O) groups excluding carboxylic acids is 2. The van der Waals surface area contributed by atoms with Crippen molar-refractivity contribution in [3.8, 4) is 5.69 Å². The quantitative estimate of drug-likeness (QED) is 0.385. The van der Waals surface area contributed by atoms with Gasteiger partial charge >= 0.3 is 5.97 Å². The lowest BCUT2D eigenvalue weighted by molar-refractivity contribution is 0.0466. The molecule has 6 heteroatoms. The molecule has 0 aliphatic carbocycles. The molecule has 0 amide bonds. The molecule has 0 saturated carbocycles. The van der Waals surface area contributed by atoms with Crippen LogP contribution < -0.4 is 0 Å². The van der Waals surface area contributed by atoms with Crippen molar-refractivity contribution in [3.63, 3.8) is 0 Å². The van der Waals surface area contributed by atoms with Crippen molar-refractivity contribution in [1.82, 2.24) is 9.55 Å². The summed E-state index contributed by atoms with van der Waals surface area (Å²) in [6, 6.07) is 18.2. The van der Waals surface area contributed by atoms with Crippen LogP contribution in [0.15, 0.2) is 72.0 Å². The van der Waals surface area contributed by atoms with E-state index in [-0.39, 0.29) is 18.1 Å². The third-order valence-electron chi connectivity index (χ3n) is 3.57. The van der Waals surface area contributed by atoms with Crippen LogP contribution in [-0.2, 0) is 4.74 Å². The number of ether oxygens (including phenoxy) is 1. The van der Waals surface area contributed by atoms with Crippen LogP contribution in [0, 0.1) is 0 Å². The lowest BCUT2D eigenvalue weighted by Gasteiger charge is -2.10. The summed E-state index contributed by atoms with van der Waals surface area (Å²) < 4.78 is 6.93. The van der Waals surface area contributed by atoms with E-state index in [4.69, 9.17) is 4.74 Å². The Labute approximate surface area is 149 Å². The van der Waals surface area contributed by atoms with Crippen molar-refractivity contribution >= 4 is 23.5 Å². The smallest absolute Gasteiger partial charge is 0.357 e. The number of esters is 1. The molecule has 3 aromatic rings. The number of imidazole rings is 1. The van der Waals surface area contributed by atoms with E-state index in [1.807, 2.05) is 42.7 Å². The molecule has 2 aromatic carbocycles. The van der Waals surface area contributed by atoms with Crippen LogP contribution in [0.3, 0.4) is 0 Å². The average molecular weight is 352 g/mol. The van der Waals surface area contributed by atoms with E-state index in [1.165, 1.54) is 18.0 Å². The molecule has 0 bridgehead atoms. The largest absolute Gasteiger partial charge is 0.453 e. The molecule has 126 valence electrons. The van der Waals surface area contributed by atoms with Crippen molar-refractivity contribution in [1.29, 1.82) is 0 Å². The summed E-state index contributed by atoms with van der Waals surface area (Å²) in [7, 11) is 0. The highest BCUT2D eigenvalue weighted by Crippen LogP contribution is 2.22. The van der Waals surface area contributed by atoms with Gasteiger partial charge in [0.1, 0.15) is 0 Å². The van der Waals surface area contributed by atoms with Gasteiger partial charge in [-0.05, 0) is 18.4 Å². The first kappa shape index (κ1) is 17.0. The fourth-order valence-corrected chi connectivity index (χ4v) is 2.91. The summed E-state index contributed by atoms with van der Waals surface area (Å²) >= 11 is 1.43. The first-order valence-corrected chi connectivity index (χ1v) is 8.85.